The van der Waals surface area contributed by atoms with Gasteiger partial charge in [-0.05, 0) is 46.1 Å². The molecule has 0 spiro atoms. The summed E-state index contributed by atoms with van der Waals surface area (Å²) in [6.45, 7) is 15.9. The minimum atomic E-state index is 0.972. The Morgan fingerprint density at radius 2 is 1.50 bits per heavy atom. The molecule has 0 aromatic carbocycles. The predicted molar refractivity (Wildman–Crippen MR) is 102 cm³/mol. The van der Waals surface area contributed by atoms with Crippen LogP contribution in [0.3, 0.4) is 0 Å². The van der Waals surface area contributed by atoms with Crippen molar-refractivity contribution in [3.8, 4) is 0 Å². The van der Waals surface area contributed by atoms with Gasteiger partial charge in [0.05, 0.1) is 5.69 Å². The molecule has 1 aromatic rings. The van der Waals surface area contributed by atoms with Crippen LogP contribution in [0.15, 0.2) is 18.2 Å². The van der Waals surface area contributed by atoms with Crippen LogP contribution in [0.1, 0.15) is 91.0 Å². The van der Waals surface area contributed by atoms with Gasteiger partial charge >= 0.3 is 0 Å². The Morgan fingerprint density at radius 1 is 0.909 bits per heavy atom. The molecular formula is C20H40N2. The van der Waals surface area contributed by atoms with Crippen LogP contribution in [-0.4, -0.2) is 9.78 Å². The second kappa shape index (κ2) is 18.0. The first kappa shape index (κ1) is 23.2. The van der Waals surface area contributed by atoms with Crippen LogP contribution >= 0.6 is 0 Å². The molecule has 2 heteroatoms. The van der Waals surface area contributed by atoms with E-state index < -0.39 is 0 Å². The summed E-state index contributed by atoms with van der Waals surface area (Å²) in [5.74, 6) is 0. The van der Waals surface area contributed by atoms with Gasteiger partial charge in [0.1, 0.15) is 0 Å². The number of rotatable bonds is 7. The smallest absolute Gasteiger partial charge is 0.0596 e. The van der Waals surface area contributed by atoms with Gasteiger partial charge in [-0.15, -0.1) is 0 Å². The number of unbranched alkanes of at least 4 members (excludes halogenated alkanes) is 4. The third-order valence-corrected chi connectivity index (χ3v) is 3.00. The van der Waals surface area contributed by atoms with Gasteiger partial charge in [-0.1, -0.05) is 65.5 Å². The highest BCUT2D eigenvalue weighted by Crippen LogP contribution is 2.01. The summed E-state index contributed by atoms with van der Waals surface area (Å²) >= 11 is 0. The Labute approximate surface area is 140 Å². The molecule has 2 nitrogen and oxygen atoms in total. The van der Waals surface area contributed by atoms with E-state index >= 15 is 0 Å². The zero-order valence-corrected chi connectivity index (χ0v) is 16.3. The lowest BCUT2D eigenvalue weighted by molar-refractivity contribution is 0.634. The van der Waals surface area contributed by atoms with Gasteiger partial charge in [0.15, 0.2) is 0 Å². The molecule has 0 N–H and O–H groups in total. The number of nitrogens with zero attached hydrogens (tertiary/aromatic N) is 2. The minimum absolute atomic E-state index is 0.972. The van der Waals surface area contributed by atoms with Crippen LogP contribution in [0.5, 0.6) is 0 Å². The molecule has 1 heterocycles. The van der Waals surface area contributed by atoms with Crippen molar-refractivity contribution >= 4 is 0 Å². The van der Waals surface area contributed by atoms with Gasteiger partial charge in [0, 0.05) is 12.2 Å². The zero-order chi connectivity index (χ0) is 17.2. The van der Waals surface area contributed by atoms with E-state index in [-0.39, 0.29) is 0 Å². The van der Waals surface area contributed by atoms with Crippen LogP contribution in [0.2, 0.25) is 0 Å². The van der Waals surface area contributed by atoms with Crippen molar-refractivity contribution in [2.24, 2.45) is 0 Å². The van der Waals surface area contributed by atoms with Gasteiger partial charge in [0.25, 0.3) is 0 Å². The molecule has 0 fully saturated rings. The van der Waals surface area contributed by atoms with Crippen molar-refractivity contribution < 1.29 is 0 Å². The normalized spacial score (nSPS) is 9.95. The van der Waals surface area contributed by atoms with Crippen molar-refractivity contribution in [3.63, 3.8) is 0 Å². The number of aryl methyl sites for hydroxylation is 3. The van der Waals surface area contributed by atoms with E-state index in [1.807, 2.05) is 11.6 Å². The van der Waals surface area contributed by atoms with Crippen molar-refractivity contribution in [3.05, 3.63) is 29.6 Å². The first-order chi connectivity index (χ1) is 10.6. The summed E-state index contributed by atoms with van der Waals surface area (Å²) in [5.41, 5.74) is 2.35. The van der Waals surface area contributed by atoms with Crippen LogP contribution < -0.4 is 0 Å². The van der Waals surface area contributed by atoms with Crippen LogP contribution in [0.4, 0.5) is 0 Å². The molecule has 0 saturated heterocycles. The number of hydrogen-bond acceptors (Lipinski definition) is 1. The summed E-state index contributed by atoms with van der Waals surface area (Å²) in [6.07, 6.45) is 13.8. The van der Waals surface area contributed by atoms with Gasteiger partial charge in [-0.25, -0.2) is 0 Å². The van der Waals surface area contributed by atoms with E-state index in [0.717, 1.165) is 12.2 Å². The van der Waals surface area contributed by atoms with Crippen LogP contribution in [0.25, 0.3) is 0 Å². The Kier molecular flexibility index (Phi) is 19.0. The van der Waals surface area contributed by atoms with Gasteiger partial charge in [-0.3, -0.25) is 4.68 Å². The van der Waals surface area contributed by atoms with E-state index in [1.165, 1.54) is 50.6 Å². The molecule has 0 amide bonds. The Balaban J connectivity index is 0. The Morgan fingerprint density at radius 3 is 1.86 bits per heavy atom. The highest BCUT2D eigenvalue weighted by Gasteiger charge is 1.95. The average Bonchev–Trinajstić information content (AvgIpc) is 2.82. The molecule has 0 bridgehead atoms. The number of aromatic nitrogens is 2. The summed E-state index contributed by atoms with van der Waals surface area (Å²) in [4.78, 5) is 0. The Hall–Kier alpha value is -1.05. The lowest BCUT2D eigenvalue weighted by atomic mass is 10.2. The number of allylic oxidation sites excluding steroid dienone is 2. The molecule has 130 valence electrons. The van der Waals surface area contributed by atoms with Gasteiger partial charge in [-0.2, -0.15) is 5.10 Å². The highest BCUT2D eigenvalue weighted by atomic mass is 15.3. The lowest BCUT2D eigenvalue weighted by Crippen LogP contribution is -1.97. The van der Waals surface area contributed by atoms with Gasteiger partial charge in [0.2, 0.25) is 0 Å². The molecule has 0 aliphatic carbocycles. The van der Waals surface area contributed by atoms with Crippen molar-refractivity contribution in [2.45, 2.75) is 100.0 Å². The predicted octanol–water partition coefficient (Wildman–Crippen LogP) is 6.86. The molecule has 0 atom stereocenters. The summed E-state index contributed by atoms with van der Waals surface area (Å²) in [7, 11) is 0. The van der Waals surface area contributed by atoms with Crippen LogP contribution in [-0.2, 0) is 6.54 Å². The van der Waals surface area contributed by atoms with E-state index in [1.54, 1.807) is 0 Å². The summed E-state index contributed by atoms with van der Waals surface area (Å²) in [6, 6.07) is 2.09. The molecule has 0 aliphatic heterocycles. The van der Waals surface area contributed by atoms with Crippen LogP contribution in [0, 0.1) is 13.8 Å². The fourth-order valence-corrected chi connectivity index (χ4v) is 1.91. The van der Waals surface area contributed by atoms with Crippen molar-refractivity contribution in [1.29, 1.82) is 0 Å². The second-order valence-electron chi connectivity index (χ2n) is 5.71. The molecular weight excluding hydrogens is 268 g/mol. The van der Waals surface area contributed by atoms with E-state index in [0.29, 0.717) is 0 Å². The molecule has 0 radical (unpaired) electrons. The largest absolute Gasteiger partial charge is 0.270 e. The first-order valence-electron chi connectivity index (χ1n) is 9.23. The maximum Gasteiger partial charge on any atom is 0.0596 e. The molecule has 1 rings (SSSR count). The third kappa shape index (κ3) is 15.3. The zero-order valence-electron chi connectivity index (χ0n) is 16.3. The molecule has 0 unspecified atom stereocenters. The second-order valence-corrected chi connectivity index (χ2v) is 5.71. The third-order valence-electron chi connectivity index (χ3n) is 3.00. The molecule has 1 aromatic heterocycles. The summed E-state index contributed by atoms with van der Waals surface area (Å²) < 4.78 is 2.00. The topological polar surface area (TPSA) is 17.8 Å². The highest BCUT2D eigenvalue weighted by molar-refractivity contribution is 5.06. The molecule has 22 heavy (non-hydrogen) atoms. The number of hydrogen-bond donors (Lipinski definition) is 0. The molecule has 0 aliphatic rings. The average molecular weight is 309 g/mol. The molecule has 0 saturated carbocycles. The van der Waals surface area contributed by atoms with Crippen molar-refractivity contribution in [2.75, 3.05) is 0 Å². The SMILES string of the molecule is CCC.CCC/C=C\CCCCC.CCn1nc(C)cc1C. The van der Waals surface area contributed by atoms with Gasteiger partial charge < -0.3 is 0 Å². The fraction of sp³-hybridized carbons (Fsp3) is 0.750. The quantitative estimate of drug-likeness (QED) is 0.397. The maximum absolute atomic E-state index is 4.25. The van der Waals surface area contributed by atoms with Crippen molar-refractivity contribution in [1.82, 2.24) is 9.78 Å². The lowest BCUT2D eigenvalue weighted by Gasteiger charge is -1.95. The minimum Gasteiger partial charge on any atom is -0.270 e. The summed E-state index contributed by atoms with van der Waals surface area (Å²) in [5, 5.41) is 4.25. The maximum atomic E-state index is 4.25. The Bertz CT molecular complexity index is 351. The van der Waals surface area contributed by atoms with E-state index in [4.69, 9.17) is 0 Å². The monoisotopic (exact) mass is 308 g/mol. The van der Waals surface area contributed by atoms with E-state index in [9.17, 15) is 0 Å². The fourth-order valence-electron chi connectivity index (χ4n) is 1.91. The standard InChI is InChI=1S/C10H20.C7H12N2.C3H8/c1-3-5-7-9-10-8-6-4-2;1-4-9-7(3)5-6(2)8-9;1-3-2/h7,9H,3-6,8,10H2,1-2H3;5H,4H2,1-3H3;3H2,1-2H3/b9-7-;;. The van der Waals surface area contributed by atoms with E-state index in [2.05, 4.69) is 64.9 Å². The first-order valence-corrected chi connectivity index (χ1v) is 9.23.